The molecule has 0 fully saturated rings. The number of carbonyl (C=O) groups excluding carboxylic acids is 1. The van der Waals surface area contributed by atoms with E-state index in [4.69, 9.17) is 10.8 Å². The summed E-state index contributed by atoms with van der Waals surface area (Å²) in [4.78, 5) is 18.9. The number of amides is 1. The molecule has 6 nitrogen and oxygen atoms in total. The number of hydrogen-bond acceptors (Lipinski definition) is 4. The van der Waals surface area contributed by atoms with Crippen molar-refractivity contribution in [3.8, 4) is 0 Å². The van der Waals surface area contributed by atoms with E-state index in [1.54, 1.807) is 36.1 Å². The summed E-state index contributed by atoms with van der Waals surface area (Å²) in [5, 5.41) is 19.3. The highest BCUT2D eigenvalue weighted by atomic mass is 16.1. The average Bonchev–Trinajstić information content (AvgIpc) is 2.73. The van der Waals surface area contributed by atoms with Gasteiger partial charge in [-0.2, -0.15) is 0 Å². The van der Waals surface area contributed by atoms with Crippen LogP contribution in [0, 0.1) is 16.7 Å². The monoisotopic (exact) mass is 423 g/mol. The first kappa shape index (κ1) is 26.0. The Kier molecular flexibility index (Phi) is 10.6. The minimum Gasteiger partial charge on any atom is -0.313 e. The number of allylic oxidation sites excluding steroid dienone is 3. The van der Waals surface area contributed by atoms with E-state index in [1.165, 1.54) is 6.34 Å². The van der Waals surface area contributed by atoms with Gasteiger partial charge in [-0.3, -0.25) is 15.6 Å². The quantitative estimate of drug-likeness (QED) is 0.178. The van der Waals surface area contributed by atoms with Crippen LogP contribution in [0.4, 0.5) is 5.82 Å². The smallest absolute Gasteiger partial charge is 0.257 e. The largest absolute Gasteiger partial charge is 0.313 e. The van der Waals surface area contributed by atoms with Crippen molar-refractivity contribution in [2.75, 3.05) is 5.32 Å². The van der Waals surface area contributed by atoms with Crippen molar-refractivity contribution < 1.29 is 4.79 Å². The van der Waals surface area contributed by atoms with E-state index in [-0.39, 0.29) is 17.8 Å². The Hall–Kier alpha value is -3.02. The predicted octanol–water partition coefficient (Wildman–Crippen LogP) is 5.94. The molecule has 3 N–H and O–H groups in total. The molecule has 1 heterocycles. The maximum absolute atomic E-state index is 12.8. The van der Waals surface area contributed by atoms with Crippen molar-refractivity contribution in [3.05, 3.63) is 59.3 Å². The van der Waals surface area contributed by atoms with Crippen LogP contribution in [-0.2, 0) is 4.79 Å². The van der Waals surface area contributed by atoms with Crippen LogP contribution in [0.25, 0.3) is 0 Å². The molecule has 0 saturated heterocycles. The summed E-state index contributed by atoms with van der Waals surface area (Å²) in [7, 11) is 0. The SMILES string of the molecule is C=C(C)/C(=C\C(C)=C/C)C(=O)Nc1cccc(C(=N)N(C=N)C(CC)CCC(C)C)n1. The number of nitrogens with one attached hydrogen (secondary N) is 3. The van der Waals surface area contributed by atoms with Crippen LogP contribution >= 0.6 is 0 Å². The van der Waals surface area contributed by atoms with Gasteiger partial charge in [-0.1, -0.05) is 45.1 Å². The molecule has 1 aromatic heterocycles. The fraction of sp³-hybridized carbons (Fsp3) is 0.440. The summed E-state index contributed by atoms with van der Waals surface area (Å²) in [5.74, 6) is 0.784. The molecule has 0 bridgehead atoms. The molecule has 0 saturated carbocycles. The summed E-state index contributed by atoms with van der Waals surface area (Å²) in [6.45, 7) is 15.9. The van der Waals surface area contributed by atoms with Crippen molar-refractivity contribution in [1.82, 2.24) is 9.88 Å². The minimum atomic E-state index is -0.294. The first-order valence-electron chi connectivity index (χ1n) is 10.8. The maximum atomic E-state index is 12.8. The van der Waals surface area contributed by atoms with Crippen LogP contribution in [0.2, 0.25) is 0 Å². The van der Waals surface area contributed by atoms with Gasteiger partial charge in [0.05, 0.1) is 6.34 Å². The Morgan fingerprint density at radius 1 is 1.29 bits per heavy atom. The predicted molar refractivity (Wildman–Crippen MR) is 131 cm³/mol. The Bertz CT molecular complexity index is 866. The van der Waals surface area contributed by atoms with Crippen LogP contribution in [0.1, 0.15) is 66.5 Å². The average molecular weight is 424 g/mol. The van der Waals surface area contributed by atoms with E-state index in [0.29, 0.717) is 28.6 Å². The third-order valence-corrected chi connectivity index (χ3v) is 5.10. The van der Waals surface area contributed by atoms with Crippen LogP contribution in [-0.4, -0.2) is 34.0 Å². The lowest BCUT2D eigenvalue weighted by atomic mass is 10.0. The van der Waals surface area contributed by atoms with Crippen LogP contribution < -0.4 is 5.32 Å². The van der Waals surface area contributed by atoms with E-state index in [1.807, 2.05) is 19.9 Å². The first-order valence-corrected chi connectivity index (χ1v) is 10.8. The molecule has 31 heavy (non-hydrogen) atoms. The van der Waals surface area contributed by atoms with Crippen LogP contribution in [0.3, 0.4) is 0 Å². The molecule has 0 aliphatic carbocycles. The van der Waals surface area contributed by atoms with Crippen molar-refractivity contribution in [3.63, 3.8) is 0 Å². The maximum Gasteiger partial charge on any atom is 0.257 e. The Morgan fingerprint density at radius 3 is 2.48 bits per heavy atom. The summed E-state index contributed by atoms with van der Waals surface area (Å²) in [6.07, 6.45) is 7.68. The lowest BCUT2D eigenvalue weighted by molar-refractivity contribution is -0.112. The van der Waals surface area contributed by atoms with E-state index >= 15 is 0 Å². The van der Waals surface area contributed by atoms with Gasteiger partial charge in [0.25, 0.3) is 5.91 Å². The van der Waals surface area contributed by atoms with Gasteiger partial charge >= 0.3 is 0 Å². The number of amidine groups is 1. The molecule has 0 radical (unpaired) electrons. The molecule has 1 atom stereocenters. The van der Waals surface area contributed by atoms with Gasteiger partial charge in [-0.05, 0) is 69.7 Å². The lowest BCUT2D eigenvalue weighted by Crippen LogP contribution is -2.39. The van der Waals surface area contributed by atoms with E-state index < -0.39 is 0 Å². The van der Waals surface area contributed by atoms with Crippen molar-refractivity contribution in [2.24, 2.45) is 5.92 Å². The third kappa shape index (κ3) is 7.96. The number of aromatic nitrogens is 1. The molecule has 1 amide bonds. The van der Waals surface area contributed by atoms with Crippen LogP contribution in [0.15, 0.2) is 53.6 Å². The van der Waals surface area contributed by atoms with Crippen LogP contribution in [0.5, 0.6) is 0 Å². The molecule has 0 aliphatic rings. The molecule has 1 rings (SSSR count). The van der Waals surface area contributed by atoms with Crippen molar-refractivity contribution in [2.45, 2.75) is 66.8 Å². The van der Waals surface area contributed by atoms with Gasteiger partial charge in [-0.15, -0.1) is 0 Å². The third-order valence-electron chi connectivity index (χ3n) is 5.10. The molecule has 1 unspecified atom stereocenters. The zero-order valence-corrected chi connectivity index (χ0v) is 19.7. The second kappa shape index (κ2) is 12.6. The zero-order chi connectivity index (χ0) is 23.6. The molecule has 6 heteroatoms. The topological polar surface area (TPSA) is 92.9 Å². The summed E-state index contributed by atoms with van der Waals surface area (Å²) in [5.41, 5.74) is 2.52. The number of nitrogens with zero attached hydrogens (tertiary/aromatic N) is 2. The summed E-state index contributed by atoms with van der Waals surface area (Å²) < 4.78 is 0. The Morgan fingerprint density at radius 2 is 1.97 bits per heavy atom. The Labute approximate surface area is 187 Å². The standard InChI is InChI=1S/C25H37N5O/c1-8-19(7)15-21(18(5)6)25(31)29-23-12-10-11-22(28-23)24(27)30(16-26)20(9-2)14-13-17(3)4/h8,10-12,15-17,20,26-27H,5,9,13-14H2,1-4,6-7H3,(H,28,29,31)/b19-8-,21-15+,26-16?,27-24?. The molecular formula is C25H37N5O. The van der Waals surface area contributed by atoms with Gasteiger partial charge in [0.2, 0.25) is 0 Å². The normalized spacial score (nSPS) is 13.0. The molecule has 0 aromatic carbocycles. The molecule has 1 aromatic rings. The van der Waals surface area contributed by atoms with Gasteiger partial charge < -0.3 is 10.2 Å². The Balaban J connectivity index is 3.10. The number of carbonyl (C=O) groups is 1. The van der Waals surface area contributed by atoms with Gasteiger partial charge in [0.1, 0.15) is 11.5 Å². The molecule has 168 valence electrons. The van der Waals surface area contributed by atoms with E-state index in [9.17, 15) is 4.79 Å². The number of pyridine rings is 1. The summed E-state index contributed by atoms with van der Waals surface area (Å²) >= 11 is 0. The molecule has 0 spiro atoms. The van der Waals surface area contributed by atoms with Crippen molar-refractivity contribution in [1.29, 1.82) is 10.8 Å². The second-order valence-corrected chi connectivity index (χ2v) is 8.15. The lowest BCUT2D eigenvalue weighted by Gasteiger charge is -2.29. The van der Waals surface area contributed by atoms with E-state index in [0.717, 1.165) is 24.8 Å². The number of anilines is 1. The van der Waals surface area contributed by atoms with Gasteiger partial charge in [0.15, 0.2) is 5.84 Å². The highest BCUT2D eigenvalue weighted by Gasteiger charge is 2.21. The number of rotatable bonds is 11. The minimum absolute atomic E-state index is 0.0641. The van der Waals surface area contributed by atoms with Crippen molar-refractivity contribution >= 4 is 23.9 Å². The molecule has 0 aliphatic heterocycles. The second-order valence-electron chi connectivity index (χ2n) is 8.15. The number of hydrogen-bond donors (Lipinski definition) is 3. The molecular weight excluding hydrogens is 386 g/mol. The van der Waals surface area contributed by atoms with Gasteiger partial charge in [0, 0.05) is 11.6 Å². The van der Waals surface area contributed by atoms with Gasteiger partial charge in [-0.25, -0.2) is 4.98 Å². The first-order chi connectivity index (χ1) is 14.6. The fourth-order valence-corrected chi connectivity index (χ4v) is 3.06. The van der Waals surface area contributed by atoms with E-state index in [2.05, 4.69) is 37.7 Å². The highest BCUT2D eigenvalue weighted by molar-refractivity contribution is 6.07. The highest BCUT2D eigenvalue weighted by Crippen LogP contribution is 2.18. The summed E-state index contributed by atoms with van der Waals surface area (Å²) in [6, 6.07) is 5.24. The zero-order valence-electron chi connectivity index (χ0n) is 19.7. The fourth-order valence-electron chi connectivity index (χ4n) is 3.06.